The fourth-order valence-electron chi connectivity index (χ4n) is 1.96. The van der Waals surface area contributed by atoms with E-state index in [1.165, 1.54) is 23.5 Å². The second-order valence-corrected chi connectivity index (χ2v) is 10.9. The summed E-state index contributed by atoms with van der Waals surface area (Å²) >= 11 is 2.63. The van der Waals surface area contributed by atoms with E-state index in [1.54, 1.807) is 0 Å². The standard InChI is InChI=1S/C12H20N6O6S4.2Na.2H/c19-27(20,21)7-1-5-25-11-13-9(15-17-11)3-4-10-14-12(18-16-10)26-6-2-8-28(22,23)24;;;;/h1-8H2,(H,13,15,17)(H,14,16,18)(H,19,20,21)(H,22,23,24);;;;. The summed E-state index contributed by atoms with van der Waals surface area (Å²) in [5, 5.41) is 14.8. The van der Waals surface area contributed by atoms with Crippen LogP contribution in [0.4, 0.5) is 0 Å². The third kappa shape index (κ3) is 14.1. The van der Waals surface area contributed by atoms with Gasteiger partial charge in [-0.25, -0.2) is 9.97 Å². The molecule has 0 atom stereocenters. The summed E-state index contributed by atoms with van der Waals surface area (Å²) in [6.45, 7) is 0. The van der Waals surface area contributed by atoms with Crippen molar-refractivity contribution in [1.82, 2.24) is 30.4 Å². The van der Waals surface area contributed by atoms with Gasteiger partial charge in [-0.2, -0.15) is 27.0 Å². The number of hydrogen-bond donors (Lipinski definition) is 4. The van der Waals surface area contributed by atoms with E-state index in [9.17, 15) is 16.8 Å². The minimum absolute atomic E-state index is 0. The first-order valence-corrected chi connectivity index (χ1v) is 13.3. The number of thioether (sulfide) groups is 2. The second-order valence-electron chi connectivity index (χ2n) is 5.59. The van der Waals surface area contributed by atoms with Gasteiger partial charge in [0.2, 0.25) is 0 Å². The SMILES string of the molecule is O=S(=O)(O)CCCSc1nc(CCc2n[nH]c(SCCCS(=O)(=O)O)n2)n[nH]1.[NaH].[NaH]. The monoisotopic (exact) mass is 520 g/mol. The molecule has 30 heavy (non-hydrogen) atoms. The van der Waals surface area contributed by atoms with Gasteiger partial charge >= 0.3 is 59.1 Å². The number of nitrogens with one attached hydrogen (secondary N) is 2. The molecule has 0 amide bonds. The molecule has 2 aromatic rings. The van der Waals surface area contributed by atoms with Crippen LogP contribution in [0.15, 0.2) is 10.3 Å². The molecule has 0 radical (unpaired) electrons. The molecule has 2 rings (SSSR count). The van der Waals surface area contributed by atoms with E-state index >= 15 is 0 Å². The van der Waals surface area contributed by atoms with Crippen LogP contribution in [-0.2, 0) is 33.1 Å². The van der Waals surface area contributed by atoms with Crippen molar-refractivity contribution in [1.29, 1.82) is 0 Å². The molecule has 4 N–H and O–H groups in total. The summed E-state index contributed by atoms with van der Waals surface area (Å²) in [6, 6.07) is 0. The van der Waals surface area contributed by atoms with Gasteiger partial charge < -0.3 is 0 Å². The number of aromatic amines is 2. The third-order valence-corrected chi connectivity index (χ3v) is 6.67. The first kappa shape index (κ1) is 30.8. The van der Waals surface area contributed by atoms with Crippen molar-refractivity contribution < 1.29 is 25.9 Å². The van der Waals surface area contributed by atoms with Crippen molar-refractivity contribution in [3.63, 3.8) is 0 Å². The van der Waals surface area contributed by atoms with Gasteiger partial charge in [0.25, 0.3) is 20.2 Å². The summed E-state index contributed by atoms with van der Waals surface area (Å²) in [4.78, 5) is 8.57. The van der Waals surface area contributed by atoms with E-state index in [0.717, 1.165) is 0 Å². The summed E-state index contributed by atoms with van der Waals surface area (Å²) in [7, 11) is -7.88. The fraction of sp³-hybridized carbons (Fsp3) is 0.667. The molecular formula is C12H22N6Na2O6S4. The van der Waals surface area contributed by atoms with Crippen LogP contribution in [0.3, 0.4) is 0 Å². The van der Waals surface area contributed by atoms with Gasteiger partial charge in [-0.05, 0) is 12.8 Å². The molecule has 0 bridgehead atoms. The van der Waals surface area contributed by atoms with Crippen LogP contribution in [-0.4, -0.2) is 138 Å². The van der Waals surface area contributed by atoms with Gasteiger partial charge in [0.05, 0.1) is 11.5 Å². The molecule has 0 aliphatic rings. The van der Waals surface area contributed by atoms with E-state index in [0.29, 0.717) is 59.2 Å². The zero-order valence-corrected chi connectivity index (χ0v) is 17.9. The van der Waals surface area contributed by atoms with Crippen LogP contribution in [0.2, 0.25) is 0 Å². The summed E-state index contributed by atoms with van der Waals surface area (Å²) in [5.74, 6) is 1.53. The zero-order chi connectivity index (χ0) is 20.6. The van der Waals surface area contributed by atoms with Gasteiger partial charge in [-0.1, -0.05) is 23.5 Å². The van der Waals surface area contributed by atoms with Crippen LogP contribution in [0.1, 0.15) is 24.5 Å². The molecule has 2 aromatic heterocycles. The Bertz CT molecular complexity index is 889. The number of nitrogens with zero attached hydrogens (tertiary/aromatic N) is 4. The Balaban J connectivity index is 0.00000420. The van der Waals surface area contributed by atoms with Crippen molar-refractivity contribution in [3.05, 3.63) is 11.6 Å². The normalized spacial score (nSPS) is 11.7. The third-order valence-electron chi connectivity index (χ3n) is 3.17. The fourth-order valence-corrected chi connectivity index (χ4v) is 4.86. The molecule has 162 valence electrons. The van der Waals surface area contributed by atoms with Crippen molar-refractivity contribution in [3.8, 4) is 0 Å². The van der Waals surface area contributed by atoms with Gasteiger partial charge in [0.1, 0.15) is 0 Å². The summed E-state index contributed by atoms with van der Waals surface area (Å²) < 4.78 is 59.9. The Labute approximate surface area is 227 Å². The van der Waals surface area contributed by atoms with Crippen molar-refractivity contribution >= 4 is 103 Å². The molecule has 18 heteroatoms. The van der Waals surface area contributed by atoms with Crippen LogP contribution in [0.25, 0.3) is 0 Å². The number of rotatable bonds is 13. The van der Waals surface area contributed by atoms with Crippen LogP contribution in [0, 0.1) is 0 Å². The van der Waals surface area contributed by atoms with Gasteiger partial charge in [-0.15, -0.1) is 0 Å². The first-order valence-electron chi connectivity index (χ1n) is 8.09. The number of hydrogen-bond acceptors (Lipinski definition) is 10. The molecule has 2 heterocycles. The maximum atomic E-state index is 10.6. The second kappa shape index (κ2) is 14.8. The molecular weight excluding hydrogens is 498 g/mol. The van der Waals surface area contributed by atoms with Crippen LogP contribution in [0.5, 0.6) is 0 Å². The average Bonchev–Trinajstić information content (AvgIpc) is 3.21. The molecule has 0 spiro atoms. The predicted octanol–water partition coefficient (Wildman–Crippen LogP) is -0.849. The predicted molar refractivity (Wildman–Crippen MR) is 118 cm³/mol. The molecule has 0 aliphatic carbocycles. The van der Waals surface area contributed by atoms with Gasteiger partial charge in [0, 0.05) is 24.3 Å². The molecule has 0 aliphatic heterocycles. The summed E-state index contributed by atoms with van der Waals surface area (Å²) in [5.41, 5.74) is 0. The van der Waals surface area contributed by atoms with E-state index in [4.69, 9.17) is 9.11 Å². The van der Waals surface area contributed by atoms with E-state index in [1.807, 2.05) is 0 Å². The van der Waals surface area contributed by atoms with Gasteiger partial charge in [-0.3, -0.25) is 19.3 Å². The minimum atomic E-state index is -3.94. The van der Waals surface area contributed by atoms with Crippen molar-refractivity contribution in [2.45, 2.75) is 36.0 Å². The van der Waals surface area contributed by atoms with Crippen LogP contribution < -0.4 is 0 Å². The number of H-pyrrole nitrogens is 2. The van der Waals surface area contributed by atoms with Crippen molar-refractivity contribution in [2.75, 3.05) is 23.0 Å². The van der Waals surface area contributed by atoms with E-state index < -0.39 is 20.2 Å². The molecule has 0 aromatic carbocycles. The molecule has 0 fully saturated rings. The maximum absolute atomic E-state index is 10.6. The zero-order valence-electron chi connectivity index (χ0n) is 14.6. The average molecular weight is 521 g/mol. The molecule has 0 saturated carbocycles. The number of aromatic nitrogens is 6. The van der Waals surface area contributed by atoms with Crippen LogP contribution >= 0.6 is 23.5 Å². The Hall–Kier alpha value is 0.800. The molecule has 0 saturated heterocycles. The first-order chi connectivity index (χ1) is 13.1. The number of aryl methyl sites for hydroxylation is 2. The van der Waals surface area contributed by atoms with E-state index in [-0.39, 0.29) is 70.6 Å². The summed E-state index contributed by atoms with van der Waals surface area (Å²) in [6.07, 6.45) is 1.63. The van der Waals surface area contributed by atoms with E-state index in [2.05, 4.69) is 30.4 Å². The topological polar surface area (TPSA) is 192 Å². The Kier molecular flexibility index (Phi) is 15.2. The van der Waals surface area contributed by atoms with Crippen molar-refractivity contribution in [2.24, 2.45) is 0 Å². The Morgan fingerprint density at radius 1 is 0.733 bits per heavy atom. The molecule has 12 nitrogen and oxygen atoms in total. The van der Waals surface area contributed by atoms with Gasteiger partial charge in [0.15, 0.2) is 22.0 Å². The Morgan fingerprint density at radius 2 is 1.10 bits per heavy atom. The molecule has 0 unspecified atom stereocenters. The quantitative estimate of drug-likeness (QED) is 0.111. The Morgan fingerprint density at radius 3 is 1.43 bits per heavy atom.